The topological polar surface area (TPSA) is 43.4 Å². The minimum atomic E-state index is -0.512. The summed E-state index contributed by atoms with van der Waals surface area (Å²) < 4.78 is 5.02. The molecule has 0 aromatic heterocycles. The molecule has 1 aliphatic heterocycles. The van der Waals surface area contributed by atoms with Gasteiger partial charge >= 0.3 is 5.97 Å². The van der Waals surface area contributed by atoms with E-state index in [9.17, 15) is 9.59 Å². The van der Waals surface area contributed by atoms with Crippen LogP contribution in [0.15, 0.2) is 12.2 Å². The quantitative estimate of drug-likeness (QED) is 0.564. The molecule has 0 spiro atoms. The minimum Gasteiger partial charge on any atom is -0.453 e. The zero-order chi connectivity index (χ0) is 9.59. The van der Waals surface area contributed by atoms with Gasteiger partial charge in [0.2, 0.25) is 0 Å². The normalized spacial score (nSPS) is 37.0. The number of hydrogen-bond acceptors (Lipinski definition) is 3. The van der Waals surface area contributed by atoms with Crippen molar-refractivity contribution in [3.8, 4) is 0 Å². The molecule has 1 saturated heterocycles. The molecule has 0 aromatic carbocycles. The SMILES string of the molecule is CC(C)[C@H]1[C@H]2C=CC(=O)[C@@H]1OC2=O. The Morgan fingerprint density at radius 1 is 1.38 bits per heavy atom. The largest absolute Gasteiger partial charge is 0.453 e. The first-order valence-electron chi connectivity index (χ1n) is 4.54. The van der Waals surface area contributed by atoms with E-state index in [0.717, 1.165) is 0 Å². The molecule has 0 unspecified atom stereocenters. The zero-order valence-electron chi connectivity index (χ0n) is 7.69. The highest BCUT2D eigenvalue weighted by Gasteiger charge is 2.49. The van der Waals surface area contributed by atoms with Gasteiger partial charge in [0.1, 0.15) is 0 Å². The fourth-order valence-electron chi connectivity index (χ4n) is 2.14. The summed E-state index contributed by atoms with van der Waals surface area (Å²) in [6.45, 7) is 4.03. The van der Waals surface area contributed by atoms with Crippen molar-refractivity contribution in [2.45, 2.75) is 20.0 Å². The monoisotopic (exact) mass is 180 g/mol. The molecule has 0 aromatic rings. The summed E-state index contributed by atoms with van der Waals surface area (Å²) in [5.74, 6) is -0.158. The predicted octanol–water partition coefficient (Wildman–Crippen LogP) is 0.939. The van der Waals surface area contributed by atoms with Gasteiger partial charge in [-0.2, -0.15) is 0 Å². The third kappa shape index (κ3) is 1.10. The van der Waals surface area contributed by atoms with Gasteiger partial charge in [0.25, 0.3) is 0 Å². The van der Waals surface area contributed by atoms with Crippen molar-refractivity contribution in [2.75, 3.05) is 0 Å². The fourth-order valence-corrected chi connectivity index (χ4v) is 2.14. The molecule has 1 aliphatic carbocycles. The summed E-state index contributed by atoms with van der Waals surface area (Å²) in [6.07, 6.45) is 2.64. The minimum absolute atomic E-state index is 0.0463. The van der Waals surface area contributed by atoms with Crippen LogP contribution in [0.2, 0.25) is 0 Å². The first kappa shape index (κ1) is 8.48. The number of fused-ring (bicyclic) bond motifs is 2. The van der Waals surface area contributed by atoms with Crippen LogP contribution in [0.3, 0.4) is 0 Å². The number of rotatable bonds is 1. The fraction of sp³-hybridized carbons (Fsp3) is 0.600. The third-order valence-corrected chi connectivity index (χ3v) is 2.80. The van der Waals surface area contributed by atoms with Gasteiger partial charge in [-0.05, 0) is 12.0 Å². The molecule has 0 N–H and O–H groups in total. The van der Waals surface area contributed by atoms with E-state index in [1.807, 2.05) is 13.8 Å². The summed E-state index contributed by atoms with van der Waals surface area (Å²) in [4.78, 5) is 22.6. The molecule has 3 atom stereocenters. The number of ether oxygens (including phenoxy) is 1. The molecule has 70 valence electrons. The molecule has 3 heteroatoms. The van der Waals surface area contributed by atoms with Crippen molar-refractivity contribution in [3.05, 3.63) is 12.2 Å². The highest BCUT2D eigenvalue weighted by molar-refractivity contribution is 6.00. The Bertz CT molecular complexity index is 291. The molecular formula is C10H12O3. The average Bonchev–Trinajstić information content (AvgIpc) is 2.32. The second-order valence-corrected chi connectivity index (χ2v) is 3.97. The van der Waals surface area contributed by atoms with E-state index in [1.54, 1.807) is 6.08 Å². The van der Waals surface area contributed by atoms with E-state index in [-0.39, 0.29) is 23.6 Å². The Labute approximate surface area is 76.8 Å². The molecule has 1 fully saturated rings. The average molecular weight is 180 g/mol. The summed E-state index contributed by atoms with van der Waals surface area (Å²) >= 11 is 0. The Kier molecular flexibility index (Phi) is 1.75. The Balaban J connectivity index is 2.37. The van der Waals surface area contributed by atoms with E-state index in [1.165, 1.54) is 6.08 Å². The van der Waals surface area contributed by atoms with Crippen molar-refractivity contribution >= 4 is 11.8 Å². The maximum absolute atomic E-state index is 11.3. The van der Waals surface area contributed by atoms with Gasteiger partial charge in [0.15, 0.2) is 11.9 Å². The van der Waals surface area contributed by atoms with Gasteiger partial charge in [0, 0.05) is 5.92 Å². The zero-order valence-corrected chi connectivity index (χ0v) is 7.69. The molecule has 2 aliphatic rings. The standard InChI is InChI=1S/C10H12O3/c1-5(2)8-6-3-4-7(11)9(8)13-10(6)12/h3-6,8-9H,1-2H3/t6-,8+,9+/m1/s1. The molecule has 13 heavy (non-hydrogen) atoms. The van der Waals surface area contributed by atoms with Crippen molar-refractivity contribution in [3.63, 3.8) is 0 Å². The lowest BCUT2D eigenvalue weighted by molar-refractivity contribution is -0.146. The lowest BCUT2D eigenvalue weighted by Gasteiger charge is -2.23. The number of carbonyl (C=O) groups is 2. The second kappa shape index (κ2) is 2.69. The van der Waals surface area contributed by atoms with E-state index >= 15 is 0 Å². The first-order valence-corrected chi connectivity index (χ1v) is 4.54. The van der Waals surface area contributed by atoms with Crippen LogP contribution in [0, 0.1) is 17.8 Å². The first-order chi connectivity index (χ1) is 6.11. The number of ketones is 1. The van der Waals surface area contributed by atoms with Gasteiger partial charge in [-0.25, -0.2) is 0 Å². The highest BCUT2D eigenvalue weighted by atomic mass is 16.6. The smallest absolute Gasteiger partial charge is 0.313 e. The van der Waals surface area contributed by atoms with Gasteiger partial charge in [-0.15, -0.1) is 0 Å². The van der Waals surface area contributed by atoms with Crippen molar-refractivity contribution in [1.82, 2.24) is 0 Å². The lowest BCUT2D eigenvalue weighted by atomic mass is 9.77. The Hall–Kier alpha value is -1.12. The van der Waals surface area contributed by atoms with Crippen LogP contribution in [0.5, 0.6) is 0 Å². The summed E-state index contributed by atoms with van der Waals surface area (Å²) in [7, 11) is 0. The summed E-state index contributed by atoms with van der Waals surface area (Å²) in [5, 5.41) is 0. The molecule has 0 radical (unpaired) electrons. The van der Waals surface area contributed by atoms with Crippen LogP contribution >= 0.6 is 0 Å². The maximum atomic E-state index is 11.3. The van der Waals surface area contributed by atoms with E-state index in [4.69, 9.17) is 4.74 Å². The molecule has 0 saturated carbocycles. The predicted molar refractivity (Wildman–Crippen MR) is 45.8 cm³/mol. The van der Waals surface area contributed by atoms with Gasteiger partial charge < -0.3 is 4.74 Å². The molecule has 1 heterocycles. The Morgan fingerprint density at radius 3 is 2.62 bits per heavy atom. The highest BCUT2D eigenvalue weighted by Crippen LogP contribution is 2.38. The molecule has 2 bridgehead atoms. The van der Waals surface area contributed by atoms with Crippen LogP contribution in [0.25, 0.3) is 0 Å². The third-order valence-electron chi connectivity index (χ3n) is 2.80. The van der Waals surface area contributed by atoms with E-state index < -0.39 is 6.10 Å². The molecule has 0 amide bonds. The van der Waals surface area contributed by atoms with Gasteiger partial charge in [0.05, 0.1) is 5.92 Å². The van der Waals surface area contributed by atoms with Crippen molar-refractivity contribution < 1.29 is 14.3 Å². The maximum Gasteiger partial charge on any atom is 0.313 e. The van der Waals surface area contributed by atoms with E-state index in [2.05, 4.69) is 0 Å². The molecule has 2 rings (SSSR count). The second-order valence-electron chi connectivity index (χ2n) is 3.97. The van der Waals surface area contributed by atoms with Crippen LogP contribution in [0.1, 0.15) is 13.8 Å². The number of hydrogen-bond donors (Lipinski definition) is 0. The van der Waals surface area contributed by atoms with E-state index in [0.29, 0.717) is 5.92 Å². The molecular weight excluding hydrogens is 168 g/mol. The van der Waals surface area contributed by atoms with Crippen molar-refractivity contribution in [1.29, 1.82) is 0 Å². The van der Waals surface area contributed by atoms with Crippen LogP contribution in [-0.4, -0.2) is 17.9 Å². The van der Waals surface area contributed by atoms with Crippen LogP contribution in [-0.2, 0) is 14.3 Å². The van der Waals surface area contributed by atoms with Gasteiger partial charge in [-0.3, -0.25) is 9.59 Å². The number of esters is 1. The van der Waals surface area contributed by atoms with Crippen LogP contribution in [0.4, 0.5) is 0 Å². The van der Waals surface area contributed by atoms with Crippen molar-refractivity contribution in [2.24, 2.45) is 17.8 Å². The summed E-state index contributed by atoms with van der Waals surface area (Å²) in [5.41, 5.74) is 0. The lowest BCUT2D eigenvalue weighted by Crippen LogP contribution is -2.33. The van der Waals surface area contributed by atoms with Crippen LogP contribution < -0.4 is 0 Å². The van der Waals surface area contributed by atoms with Gasteiger partial charge in [-0.1, -0.05) is 19.9 Å². The molecule has 3 nitrogen and oxygen atoms in total. The Morgan fingerprint density at radius 2 is 2.08 bits per heavy atom. The summed E-state index contributed by atoms with van der Waals surface area (Å²) in [6, 6.07) is 0. The number of carbonyl (C=O) groups excluding carboxylic acids is 2.